The summed E-state index contributed by atoms with van der Waals surface area (Å²) in [6.07, 6.45) is 4.98. The minimum atomic E-state index is 0.385. The van der Waals surface area contributed by atoms with Gasteiger partial charge in [-0.1, -0.05) is 36.2 Å². The van der Waals surface area contributed by atoms with E-state index in [1.165, 1.54) is 24.8 Å². The fraction of sp³-hybridized carbons (Fsp3) is 0.600. The molecular formula is C15H23ClN2. The molecule has 1 saturated heterocycles. The smallest absolute Gasteiger partial charge is 0.0453 e. The highest BCUT2D eigenvalue weighted by Gasteiger charge is 2.27. The first kappa shape index (κ1) is 13.9. The number of benzene rings is 1. The molecule has 2 unspecified atom stereocenters. The zero-order valence-electron chi connectivity index (χ0n) is 11.1. The Bertz CT molecular complexity index is 379. The van der Waals surface area contributed by atoms with Crippen molar-refractivity contribution in [2.75, 3.05) is 13.1 Å². The summed E-state index contributed by atoms with van der Waals surface area (Å²) in [4.78, 5) is 2.58. The molecule has 18 heavy (non-hydrogen) atoms. The van der Waals surface area contributed by atoms with Gasteiger partial charge in [0.25, 0.3) is 0 Å². The predicted octanol–water partition coefficient (Wildman–Crippen LogP) is 3.60. The van der Waals surface area contributed by atoms with Crippen molar-refractivity contribution in [1.29, 1.82) is 0 Å². The second-order valence-electron chi connectivity index (χ2n) is 5.16. The van der Waals surface area contributed by atoms with Gasteiger partial charge < -0.3 is 5.73 Å². The molecule has 0 spiro atoms. The van der Waals surface area contributed by atoms with Crippen LogP contribution in [0.1, 0.15) is 44.2 Å². The van der Waals surface area contributed by atoms with Crippen molar-refractivity contribution in [3.8, 4) is 0 Å². The summed E-state index contributed by atoms with van der Waals surface area (Å²) < 4.78 is 0. The lowest BCUT2D eigenvalue weighted by Crippen LogP contribution is -2.42. The SMILES string of the molecule is CC(c1ccccc1Cl)N1CCCCC1CCN. The number of rotatable bonds is 4. The van der Waals surface area contributed by atoms with Gasteiger partial charge in [0.2, 0.25) is 0 Å². The molecule has 0 aromatic heterocycles. The number of halogens is 1. The lowest BCUT2D eigenvalue weighted by Gasteiger charge is -2.40. The highest BCUT2D eigenvalue weighted by atomic mass is 35.5. The summed E-state index contributed by atoms with van der Waals surface area (Å²) in [5.74, 6) is 0. The average Bonchev–Trinajstić information content (AvgIpc) is 2.40. The van der Waals surface area contributed by atoms with Crippen molar-refractivity contribution in [2.45, 2.75) is 44.7 Å². The van der Waals surface area contributed by atoms with Crippen molar-refractivity contribution in [1.82, 2.24) is 4.90 Å². The number of hydrogen-bond donors (Lipinski definition) is 1. The van der Waals surface area contributed by atoms with Crippen molar-refractivity contribution < 1.29 is 0 Å². The number of likely N-dealkylation sites (tertiary alicyclic amines) is 1. The van der Waals surface area contributed by atoms with Gasteiger partial charge in [-0.2, -0.15) is 0 Å². The number of piperidine rings is 1. The van der Waals surface area contributed by atoms with Gasteiger partial charge in [0, 0.05) is 17.1 Å². The molecule has 0 saturated carbocycles. The molecule has 2 nitrogen and oxygen atoms in total. The second-order valence-corrected chi connectivity index (χ2v) is 5.57. The van der Waals surface area contributed by atoms with E-state index >= 15 is 0 Å². The third-order valence-corrected chi connectivity index (χ3v) is 4.37. The van der Waals surface area contributed by atoms with E-state index < -0.39 is 0 Å². The van der Waals surface area contributed by atoms with Crippen LogP contribution in [0.5, 0.6) is 0 Å². The largest absolute Gasteiger partial charge is 0.330 e. The normalized spacial score (nSPS) is 22.9. The molecular weight excluding hydrogens is 244 g/mol. The molecule has 0 radical (unpaired) electrons. The topological polar surface area (TPSA) is 29.3 Å². The summed E-state index contributed by atoms with van der Waals surface area (Å²) in [5, 5.41) is 0.877. The molecule has 3 heteroatoms. The van der Waals surface area contributed by atoms with E-state index in [1.807, 2.05) is 12.1 Å². The Morgan fingerprint density at radius 2 is 2.17 bits per heavy atom. The fourth-order valence-electron chi connectivity index (χ4n) is 3.03. The van der Waals surface area contributed by atoms with Crippen LogP contribution in [0.2, 0.25) is 5.02 Å². The zero-order chi connectivity index (χ0) is 13.0. The summed E-state index contributed by atoms with van der Waals surface area (Å²) in [6.45, 7) is 4.20. The van der Waals surface area contributed by atoms with E-state index in [9.17, 15) is 0 Å². The van der Waals surface area contributed by atoms with Gasteiger partial charge in [-0.3, -0.25) is 4.90 Å². The van der Waals surface area contributed by atoms with Gasteiger partial charge in [-0.05, 0) is 50.9 Å². The first-order valence-corrected chi connectivity index (χ1v) is 7.32. The summed E-state index contributed by atoms with van der Waals surface area (Å²) in [5.41, 5.74) is 6.98. The standard InChI is InChI=1S/C15H23ClN2/c1-12(14-7-2-3-8-15(14)16)18-11-5-4-6-13(18)9-10-17/h2-3,7-8,12-13H,4-6,9-11,17H2,1H3. The fourth-order valence-corrected chi connectivity index (χ4v) is 3.32. The van der Waals surface area contributed by atoms with Gasteiger partial charge >= 0.3 is 0 Å². The van der Waals surface area contributed by atoms with Crippen molar-refractivity contribution in [2.24, 2.45) is 5.73 Å². The Hall–Kier alpha value is -0.570. The van der Waals surface area contributed by atoms with Crippen LogP contribution in [0.15, 0.2) is 24.3 Å². The maximum absolute atomic E-state index is 6.31. The lowest BCUT2D eigenvalue weighted by atomic mass is 9.95. The van der Waals surface area contributed by atoms with Crippen molar-refractivity contribution in [3.05, 3.63) is 34.9 Å². The second kappa shape index (κ2) is 6.55. The van der Waals surface area contributed by atoms with Crippen LogP contribution in [0.25, 0.3) is 0 Å². The molecule has 2 N–H and O–H groups in total. The molecule has 1 aromatic rings. The summed E-state index contributed by atoms with van der Waals surface area (Å²) in [7, 11) is 0. The molecule has 0 amide bonds. The first-order chi connectivity index (χ1) is 8.74. The monoisotopic (exact) mass is 266 g/mol. The molecule has 2 atom stereocenters. The number of nitrogens with zero attached hydrogens (tertiary/aromatic N) is 1. The van der Waals surface area contributed by atoms with Gasteiger partial charge in [0.1, 0.15) is 0 Å². The van der Waals surface area contributed by atoms with E-state index in [4.69, 9.17) is 17.3 Å². The first-order valence-electron chi connectivity index (χ1n) is 6.94. The van der Waals surface area contributed by atoms with E-state index in [-0.39, 0.29) is 0 Å². The lowest BCUT2D eigenvalue weighted by molar-refractivity contribution is 0.0984. The summed E-state index contributed by atoms with van der Waals surface area (Å²) >= 11 is 6.31. The van der Waals surface area contributed by atoms with Crippen LogP contribution < -0.4 is 5.73 Å². The molecule has 1 aliphatic rings. The predicted molar refractivity (Wildman–Crippen MR) is 77.9 cm³/mol. The van der Waals surface area contributed by atoms with Crippen LogP contribution in [0.3, 0.4) is 0 Å². The maximum atomic E-state index is 6.31. The third kappa shape index (κ3) is 3.05. The minimum absolute atomic E-state index is 0.385. The minimum Gasteiger partial charge on any atom is -0.330 e. The molecule has 1 fully saturated rings. The van der Waals surface area contributed by atoms with Crippen LogP contribution in [-0.2, 0) is 0 Å². The maximum Gasteiger partial charge on any atom is 0.0453 e. The van der Waals surface area contributed by atoms with Gasteiger partial charge in [-0.25, -0.2) is 0 Å². The van der Waals surface area contributed by atoms with Crippen LogP contribution in [-0.4, -0.2) is 24.0 Å². The molecule has 100 valence electrons. The Morgan fingerprint density at radius 1 is 1.39 bits per heavy atom. The Morgan fingerprint density at radius 3 is 2.89 bits per heavy atom. The summed E-state index contributed by atoms with van der Waals surface area (Å²) in [6, 6.07) is 9.19. The molecule has 1 aliphatic heterocycles. The van der Waals surface area contributed by atoms with Gasteiger partial charge in [0.05, 0.1) is 0 Å². The van der Waals surface area contributed by atoms with Crippen LogP contribution >= 0.6 is 11.6 Å². The number of hydrogen-bond acceptors (Lipinski definition) is 2. The zero-order valence-corrected chi connectivity index (χ0v) is 11.9. The van der Waals surface area contributed by atoms with Crippen molar-refractivity contribution >= 4 is 11.6 Å². The molecule has 2 rings (SSSR count). The van der Waals surface area contributed by atoms with E-state index in [0.717, 1.165) is 24.5 Å². The Balaban J connectivity index is 2.15. The van der Waals surface area contributed by atoms with Crippen LogP contribution in [0.4, 0.5) is 0 Å². The Kier molecular flexibility index (Phi) is 5.04. The Labute approximate surface area is 115 Å². The molecule has 0 bridgehead atoms. The molecule has 0 aliphatic carbocycles. The van der Waals surface area contributed by atoms with E-state index in [2.05, 4.69) is 24.0 Å². The third-order valence-electron chi connectivity index (χ3n) is 4.03. The van der Waals surface area contributed by atoms with E-state index in [0.29, 0.717) is 12.1 Å². The highest BCUT2D eigenvalue weighted by molar-refractivity contribution is 6.31. The van der Waals surface area contributed by atoms with Gasteiger partial charge in [-0.15, -0.1) is 0 Å². The van der Waals surface area contributed by atoms with Gasteiger partial charge in [0.15, 0.2) is 0 Å². The highest BCUT2D eigenvalue weighted by Crippen LogP contribution is 2.32. The van der Waals surface area contributed by atoms with Crippen LogP contribution in [0, 0.1) is 0 Å². The van der Waals surface area contributed by atoms with E-state index in [1.54, 1.807) is 0 Å². The van der Waals surface area contributed by atoms with Crippen molar-refractivity contribution in [3.63, 3.8) is 0 Å². The average molecular weight is 267 g/mol. The molecule has 1 heterocycles. The quantitative estimate of drug-likeness (QED) is 0.902. The molecule has 1 aromatic carbocycles. The number of nitrogens with two attached hydrogens (primary N) is 1.